The number of aromatic amines is 1. The van der Waals surface area contributed by atoms with Crippen molar-refractivity contribution in [2.45, 2.75) is 19.3 Å². The zero-order chi connectivity index (χ0) is 15.2. The molecule has 0 aromatic carbocycles. The maximum atomic E-state index is 11.9. The lowest BCUT2D eigenvalue weighted by atomic mass is 9.77. The topological polar surface area (TPSA) is 114 Å². The predicted molar refractivity (Wildman–Crippen MR) is 72.3 cm³/mol. The maximum absolute atomic E-state index is 11.9. The number of ether oxygens (including phenoxy) is 1. The fourth-order valence-corrected chi connectivity index (χ4v) is 4.50. The predicted octanol–water partition coefficient (Wildman–Crippen LogP) is 0.0850. The van der Waals surface area contributed by atoms with Gasteiger partial charge in [0.25, 0.3) is 5.56 Å². The van der Waals surface area contributed by atoms with Gasteiger partial charge in [0.05, 0.1) is 18.8 Å². The van der Waals surface area contributed by atoms with Crippen LogP contribution in [0.25, 0.3) is 0 Å². The Bertz CT molecular complexity index is 750. The molecule has 2 saturated heterocycles. The monoisotopic (exact) mass is 311 g/mol. The van der Waals surface area contributed by atoms with E-state index in [1.165, 1.54) is 16.8 Å². The highest BCUT2D eigenvalue weighted by atomic mass is 31.1. The second kappa shape index (κ2) is 4.95. The van der Waals surface area contributed by atoms with Crippen LogP contribution in [0.3, 0.4) is 0 Å². The first-order valence-electron chi connectivity index (χ1n) is 6.49. The molecule has 0 amide bonds. The van der Waals surface area contributed by atoms with E-state index in [0.717, 1.165) is 0 Å². The van der Waals surface area contributed by atoms with E-state index in [-0.39, 0.29) is 24.8 Å². The number of hydrogen-bond acceptors (Lipinski definition) is 6. The molecular formula is C12H14N3O5P. The molecule has 3 heterocycles. The van der Waals surface area contributed by atoms with Crippen LogP contribution in [0.1, 0.15) is 13.2 Å². The van der Waals surface area contributed by atoms with Gasteiger partial charge in [0.1, 0.15) is 5.41 Å². The number of hydrogen-bond donors (Lipinski definition) is 1. The third-order valence-electron chi connectivity index (χ3n) is 4.18. The second-order valence-corrected chi connectivity index (χ2v) is 6.87. The summed E-state index contributed by atoms with van der Waals surface area (Å²) in [6.07, 6.45) is 0.330. The minimum atomic E-state index is -2.17. The second-order valence-electron chi connectivity index (χ2n) is 5.43. The number of nitriles is 1. The first-order chi connectivity index (χ1) is 9.95. The molecule has 0 aliphatic carbocycles. The van der Waals surface area contributed by atoms with Crippen molar-refractivity contribution in [1.29, 1.82) is 5.26 Å². The zero-order valence-electron chi connectivity index (χ0n) is 11.2. The largest absolute Gasteiger partial charge is 0.350 e. The first kappa shape index (κ1) is 14.3. The molecule has 2 aliphatic heterocycles. The fraction of sp³-hybridized carbons (Fsp3) is 0.583. The van der Waals surface area contributed by atoms with Crippen molar-refractivity contribution < 1.29 is 13.8 Å². The molecule has 3 rings (SSSR count). The lowest BCUT2D eigenvalue weighted by Gasteiger charge is -2.30. The van der Waals surface area contributed by atoms with E-state index < -0.39 is 30.9 Å². The number of fused-ring (bicyclic) bond motifs is 1. The number of nitrogens with zero attached hydrogens (tertiary/aromatic N) is 2. The minimum Gasteiger partial charge on any atom is -0.350 e. The van der Waals surface area contributed by atoms with Crippen LogP contribution in [0.15, 0.2) is 21.9 Å². The summed E-state index contributed by atoms with van der Waals surface area (Å²) < 4.78 is 23.8. The smallest absolute Gasteiger partial charge is 0.330 e. The van der Waals surface area contributed by atoms with Gasteiger partial charge in [-0.2, -0.15) is 5.26 Å². The Hall–Kier alpha value is -1.68. The molecule has 0 bridgehead atoms. The van der Waals surface area contributed by atoms with Crippen LogP contribution in [0.2, 0.25) is 0 Å². The third-order valence-corrected chi connectivity index (χ3v) is 5.44. The lowest BCUT2D eigenvalue weighted by molar-refractivity contribution is -0.0419. The standard InChI is InChI=1S/C12H14N3O5P/c1-12(6-13)7-5-21(18)19-4-8(7)20-10(12)15-3-2-9(16)14-11(15)17/h2-3,7-8,10,21H,4-5H2,1H3,(H,14,16,17)/t7-,8-,10-,12-/m1/s1. The number of aromatic nitrogens is 2. The third kappa shape index (κ3) is 2.18. The van der Waals surface area contributed by atoms with Crippen LogP contribution in [-0.4, -0.2) is 28.4 Å². The Kier molecular flexibility index (Phi) is 3.36. The summed E-state index contributed by atoms with van der Waals surface area (Å²) in [6, 6.07) is 3.39. The quantitative estimate of drug-likeness (QED) is 0.735. The summed E-state index contributed by atoms with van der Waals surface area (Å²) >= 11 is 0. The van der Waals surface area contributed by atoms with Crippen LogP contribution in [0.5, 0.6) is 0 Å². The van der Waals surface area contributed by atoms with Crippen LogP contribution >= 0.6 is 8.03 Å². The van der Waals surface area contributed by atoms with E-state index in [2.05, 4.69) is 11.1 Å². The molecule has 21 heavy (non-hydrogen) atoms. The Labute approximate surface area is 120 Å². The van der Waals surface area contributed by atoms with Gasteiger partial charge in [0.15, 0.2) is 14.3 Å². The average molecular weight is 311 g/mol. The molecule has 8 nitrogen and oxygen atoms in total. The van der Waals surface area contributed by atoms with Crippen molar-refractivity contribution in [3.05, 3.63) is 33.1 Å². The molecule has 2 aliphatic rings. The van der Waals surface area contributed by atoms with Gasteiger partial charge < -0.3 is 9.26 Å². The summed E-state index contributed by atoms with van der Waals surface area (Å²) in [6.45, 7) is 1.83. The molecule has 1 N–H and O–H groups in total. The van der Waals surface area contributed by atoms with Crippen molar-refractivity contribution in [1.82, 2.24) is 9.55 Å². The van der Waals surface area contributed by atoms with E-state index in [9.17, 15) is 19.4 Å². The summed E-state index contributed by atoms with van der Waals surface area (Å²) in [5, 5.41) is 9.58. The summed E-state index contributed by atoms with van der Waals surface area (Å²) in [5.74, 6) is -0.272. The fourth-order valence-electron chi connectivity index (χ4n) is 2.99. The number of rotatable bonds is 1. The molecule has 0 spiro atoms. The van der Waals surface area contributed by atoms with E-state index in [1.807, 2.05) is 0 Å². The van der Waals surface area contributed by atoms with Crippen LogP contribution < -0.4 is 11.2 Å². The van der Waals surface area contributed by atoms with Gasteiger partial charge in [0.2, 0.25) is 0 Å². The zero-order valence-corrected chi connectivity index (χ0v) is 12.2. The van der Waals surface area contributed by atoms with Crippen LogP contribution in [-0.2, 0) is 13.8 Å². The van der Waals surface area contributed by atoms with Gasteiger partial charge >= 0.3 is 5.69 Å². The van der Waals surface area contributed by atoms with E-state index in [1.54, 1.807) is 6.92 Å². The van der Waals surface area contributed by atoms with Crippen LogP contribution in [0.4, 0.5) is 0 Å². The molecule has 2 fully saturated rings. The Balaban J connectivity index is 2.07. The van der Waals surface area contributed by atoms with Crippen molar-refractivity contribution in [2.24, 2.45) is 11.3 Å². The van der Waals surface area contributed by atoms with Gasteiger partial charge in [-0.3, -0.25) is 18.9 Å². The molecule has 9 heteroatoms. The average Bonchev–Trinajstić information content (AvgIpc) is 2.73. The Morgan fingerprint density at radius 2 is 2.33 bits per heavy atom. The summed E-state index contributed by atoms with van der Waals surface area (Å²) in [4.78, 5) is 25.2. The van der Waals surface area contributed by atoms with Crippen molar-refractivity contribution in [2.75, 3.05) is 12.8 Å². The molecule has 5 atom stereocenters. The first-order valence-corrected chi connectivity index (χ1v) is 8.02. The Morgan fingerprint density at radius 3 is 3.00 bits per heavy atom. The SMILES string of the molecule is C[C@@]1(C#N)[C@@H]2C[PH](=O)OC[C@H]2O[C@H]1n1ccc(=O)[nH]c1=O. The molecule has 1 unspecified atom stereocenters. The van der Waals surface area contributed by atoms with Gasteiger partial charge in [-0.1, -0.05) is 0 Å². The van der Waals surface area contributed by atoms with Crippen LogP contribution in [0, 0.1) is 22.7 Å². The highest BCUT2D eigenvalue weighted by Crippen LogP contribution is 2.54. The van der Waals surface area contributed by atoms with Crippen molar-refractivity contribution in [3.63, 3.8) is 0 Å². The molecule has 1 aromatic rings. The summed E-state index contributed by atoms with van der Waals surface area (Å²) in [7, 11) is -2.17. The minimum absolute atomic E-state index is 0.147. The normalized spacial score (nSPS) is 38.7. The molecule has 0 radical (unpaired) electrons. The van der Waals surface area contributed by atoms with Crippen molar-refractivity contribution in [3.8, 4) is 6.07 Å². The molecular weight excluding hydrogens is 297 g/mol. The number of H-pyrrole nitrogens is 1. The maximum Gasteiger partial charge on any atom is 0.330 e. The molecule has 112 valence electrons. The van der Waals surface area contributed by atoms with Gasteiger partial charge in [-0.15, -0.1) is 0 Å². The van der Waals surface area contributed by atoms with E-state index in [4.69, 9.17) is 9.26 Å². The Morgan fingerprint density at radius 1 is 1.57 bits per heavy atom. The number of nitrogens with one attached hydrogen (secondary N) is 1. The summed E-state index contributed by atoms with van der Waals surface area (Å²) in [5.41, 5.74) is -2.17. The van der Waals surface area contributed by atoms with Gasteiger partial charge in [-0.05, 0) is 6.92 Å². The lowest BCUT2D eigenvalue weighted by Crippen LogP contribution is -2.39. The van der Waals surface area contributed by atoms with Gasteiger partial charge in [0, 0.05) is 24.3 Å². The highest BCUT2D eigenvalue weighted by molar-refractivity contribution is 7.39. The van der Waals surface area contributed by atoms with Gasteiger partial charge in [-0.25, -0.2) is 4.79 Å². The van der Waals surface area contributed by atoms with E-state index in [0.29, 0.717) is 0 Å². The van der Waals surface area contributed by atoms with E-state index >= 15 is 0 Å². The molecule has 0 saturated carbocycles. The molecule has 1 aromatic heterocycles. The van der Waals surface area contributed by atoms with Crippen molar-refractivity contribution >= 4 is 8.03 Å². The highest BCUT2D eigenvalue weighted by Gasteiger charge is 2.57.